The second-order valence-electron chi connectivity index (χ2n) is 6.07. The van der Waals surface area contributed by atoms with Crippen molar-refractivity contribution >= 4 is 72.3 Å². The van der Waals surface area contributed by atoms with Gasteiger partial charge in [-0.05, 0) is 56.7 Å². The third kappa shape index (κ3) is 5.50. The minimum Gasteiger partial charge on any atom is -0.309 e. The standard InChI is InChI=1S/C18H20BrN3OS2.ClH/c1-21(2)8-4-9-22(17(23)12-14-5-3-10-24-14)18-20-15-7-6-13(19)11-16(15)25-18;/h3,5-7,10-11H,4,8-9,12H2,1-2H3;1H. The average molecular weight is 475 g/mol. The molecule has 1 amide bonds. The Bertz CT molecular complexity index is 851. The number of amides is 1. The van der Waals surface area contributed by atoms with Gasteiger partial charge in [0.05, 0.1) is 16.6 Å². The molecule has 3 rings (SSSR count). The van der Waals surface area contributed by atoms with Gasteiger partial charge in [-0.1, -0.05) is 33.3 Å². The largest absolute Gasteiger partial charge is 0.309 e. The lowest BCUT2D eigenvalue weighted by Crippen LogP contribution is -2.34. The first-order valence-electron chi connectivity index (χ1n) is 8.06. The quantitative estimate of drug-likeness (QED) is 0.480. The number of anilines is 1. The highest BCUT2D eigenvalue weighted by molar-refractivity contribution is 9.10. The van der Waals surface area contributed by atoms with Crippen molar-refractivity contribution in [3.63, 3.8) is 0 Å². The molecule has 4 nitrogen and oxygen atoms in total. The first-order valence-corrected chi connectivity index (χ1v) is 10.6. The van der Waals surface area contributed by atoms with Crippen LogP contribution in [0.2, 0.25) is 0 Å². The number of thiophene rings is 1. The minimum absolute atomic E-state index is 0. The molecule has 0 fully saturated rings. The predicted molar refractivity (Wildman–Crippen MR) is 118 cm³/mol. The van der Waals surface area contributed by atoms with Gasteiger partial charge in [0.2, 0.25) is 5.91 Å². The number of carbonyl (C=O) groups is 1. The van der Waals surface area contributed by atoms with Crippen molar-refractivity contribution in [1.82, 2.24) is 9.88 Å². The maximum absolute atomic E-state index is 12.9. The van der Waals surface area contributed by atoms with E-state index in [0.717, 1.165) is 37.7 Å². The van der Waals surface area contributed by atoms with Crippen LogP contribution in [0.3, 0.4) is 0 Å². The zero-order valence-corrected chi connectivity index (χ0v) is 18.7. The van der Waals surface area contributed by atoms with Gasteiger partial charge >= 0.3 is 0 Å². The Kier molecular flexibility index (Phi) is 8.04. The van der Waals surface area contributed by atoms with Crippen molar-refractivity contribution in [3.8, 4) is 0 Å². The summed E-state index contributed by atoms with van der Waals surface area (Å²) in [5.74, 6) is 0.110. The number of hydrogen-bond donors (Lipinski definition) is 0. The Morgan fingerprint density at radius 3 is 2.73 bits per heavy atom. The number of nitrogens with zero attached hydrogens (tertiary/aromatic N) is 3. The van der Waals surface area contributed by atoms with Gasteiger partial charge in [0.1, 0.15) is 0 Å². The summed E-state index contributed by atoms with van der Waals surface area (Å²) >= 11 is 6.69. The fraction of sp³-hybridized carbons (Fsp3) is 0.333. The number of halogens is 2. The van der Waals surface area contributed by atoms with Gasteiger partial charge in [0.15, 0.2) is 5.13 Å². The van der Waals surface area contributed by atoms with E-state index in [1.54, 1.807) is 22.7 Å². The van der Waals surface area contributed by atoms with E-state index in [2.05, 4.69) is 26.9 Å². The zero-order valence-electron chi connectivity index (χ0n) is 14.6. The molecule has 0 aliphatic heterocycles. The lowest BCUT2D eigenvalue weighted by atomic mass is 10.3. The summed E-state index contributed by atoms with van der Waals surface area (Å²) in [6.45, 7) is 1.63. The van der Waals surface area contributed by atoms with Crippen LogP contribution >= 0.6 is 51.0 Å². The van der Waals surface area contributed by atoms with Crippen LogP contribution in [0.5, 0.6) is 0 Å². The predicted octanol–water partition coefficient (Wildman–Crippen LogP) is 5.07. The zero-order chi connectivity index (χ0) is 17.8. The third-order valence-electron chi connectivity index (χ3n) is 3.76. The molecule has 0 bridgehead atoms. The van der Waals surface area contributed by atoms with Gasteiger partial charge in [-0.15, -0.1) is 23.7 Å². The molecule has 0 N–H and O–H groups in total. The lowest BCUT2D eigenvalue weighted by molar-refractivity contribution is -0.118. The van der Waals surface area contributed by atoms with Crippen LogP contribution in [0.1, 0.15) is 11.3 Å². The van der Waals surface area contributed by atoms with Crippen LogP contribution in [-0.2, 0) is 11.2 Å². The number of rotatable bonds is 7. The Morgan fingerprint density at radius 1 is 1.23 bits per heavy atom. The number of benzene rings is 1. The highest BCUT2D eigenvalue weighted by atomic mass is 79.9. The van der Waals surface area contributed by atoms with Crippen LogP contribution < -0.4 is 4.90 Å². The Labute approximate surface area is 176 Å². The SMILES string of the molecule is CN(C)CCCN(C(=O)Cc1cccs1)c1nc2ccc(Br)cc2s1.Cl. The molecular weight excluding hydrogens is 454 g/mol. The third-order valence-corrected chi connectivity index (χ3v) is 6.17. The topological polar surface area (TPSA) is 36.4 Å². The molecule has 0 aliphatic rings. The van der Waals surface area contributed by atoms with Crippen molar-refractivity contribution in [2.75, 3.05) is 32.1 Å². The summed E-state index contributed by atoms with van der Waals surface area (Å²) in [6, 6.07) is 10.0. The smallest absolute Gasteiger partial charge is 0.234 e. The highest BCUT2D eigenvalue weighted by Crippen LogP contribution is 2.31. The van der Waals surface area contributed by atoms with Crippen molar-refractivity contribution in [1.29, 1.82) is 0 Å². The summed E-state index contributed by atoms with van der Waals surface area (Å²) in [6.07, 6.45) is 1.35. The molecule has 0 atom stereocenters. The summed E-state index contributed by atoms with van der Waals surface area (Å²) in [5.41, 5.74) is 0.935. The van der Waals surface area contributed by atoms with E-state index in [4.69, 9.17) is 4.98 Å². The minimum atomic E-state index is 0. The van der Waals surface area contributed by atoms with Gasteiger partial charge in [-0.2, -0.15) is 0 Å². The molecule has 26 heavy (non-hydrogen) atoms. The summed E-state index contributed by atoms with van der Waals surface area (Å²) < 4.78 is 2.12. The second-order valence-corrected chi connectivity index (χ2v) is 9.02. The van der Waals surface area contributed by atoms with Crippen LogP contribution in [0.25, 0.3) is 10.2 Å². The van der Waals surface area contributed by atoms with E-state index in [-0.39, 0.29) is 18.3 Å². The van der Waals surface area contributed by atoms with Gasteiger partial charge in [0, 0.05) is 15.9 Å². The first-order chi connectivity index (χ1) is 12.0. The molecule has 1 aromatic carbocycles. The fourth-order valence-electron chi connectivity index (χ4n) is 2.53. The van der Waals surface area contributed by atoms with E-state index in [1.165, 1.54) is 0 Å². The number of carbonyl (C=O) groups excluding carboxylic acids is 1. The maximum atomic E-state index is 12.9. The van der Waals surface area contributed by atoms with Crippen molar-refractivity contribution in [3.05, 3.63) is 45.1 Å². The van der Waals surface area contributed by atoms with Gasteiger partial charge in [-0.25, -0.2) is 4.98 Å². The molecule has 140 valence electrons. The molecule has 0 spiro atoms. The Morgan fingerprint density at radius 2 is 2.04 bits per heavy atom. The Balaban J connectivity index is 0.00000243. The Hall–Kier alpha value is -0.990. The molecule has 0 unspecified atom stereocenters. The van der Waals surface area contributed by atoms with E-state index < -0.39 is 0 Å². The second kappa shape index (κ2) is 9.80. The van der Waals surface area contributed by atoms with Crippen LogP contribution in [0, 0.1) is 0 Å². The molecular formula is C18H21BrClN3OS2. The maximum Gasteiger partial charge on any atom is 0.234 e. The molecule has 3 aromatic rings. The number of aromatic nitrogens is 1. The van der Waals surface area contributed by atoms with E-state index in [1.807, 2.05) is 48.6 Å². The normalized spacial score (nSPS) is 10.9. The number of hydrogen-bond acceptors (Lipinski definition) is 5. The number of thiazole rings is 1. The van der Waals surface area contributed by atoms with Crippen LogP contribution in [-0.4, -0.2) is 43.0 Å². The van der Waals surface area contributed by atoms with Crippen LogP contribution in [0.4, 0.5) is 5.13 Å². The molecule has 0 aliphatic carbocycles. The molecule has 0 radical (unpaired) electrons. The summed E-state index contributed by atoms with van der Waals surface area (Å²) in [7, 11) is 4.10. The molecule has 2 heterocycles. The van der Waals surface area contributed by atoms with Crippen molar-refractivity contribution in [2.24, 2.45) is 0 Å². The average Bonchev–Trinajstić information content (AvgIpc) is 3.19. The van der Waals surface area contributed by atoms with Crippen LogP contribution in [0.15, 0.2) is 40.2 Å². The monoisotopic (exact) mass is 473 g/mol. The molecule has 8 heteroatoms. The summed E-state index contributed by atoms with van der Waals surface area (Å²) in [4.78, 5) is 22.7. The van der Waals surface area contributed by atoms with Crippen molar-refractivity contribution < 1.29 is 4.79 Å². The molecule has 2 aromatic heterocycles. The molecule has 0 saturated carbocycles. The lowest BCUT2D eigenvalue weighted by Gasteiger charge is -2.20. The number of fused-ring (bicyclic) bond motifs is 1. The molecule has 0 saturated heterocycles. The fourth-order valence-corrected chi connectivity index (χ4v) is 4.79. The van der Waals surface area contributed by atoms with Gasteiger partial charge in [0.25, 0.3) is 0 Å². The highest BCUT2D eigenvalue weighted by Gasteiger charge is 2.20. The van der Waals surface area contributed by atoms with E-state index in [0.29, 0.717) is 13.0 Å². The van der Waals surface area contributed by atoms with Crippen molar-refractivity contribution in [2.45, 2.75) is 12.8 Å². The summed E-state index contributed by atoms with van der Waals surface area (Å²) in [5, 5.41) is 2.79. The van der Waals surface area contributed by atoms with E-state index >= 15 is 0 Å². The van der Waals surface area contributed by atoms with E-state index in [9.17, 15) is 4.79 Å². The first kappa shape index (κ1) is 21.3. The van der Waals surface area contributed by atoms with Gasteiger partial charge in [-0.3, -0.25) is 9.69 Å². The van der Waals surface area contributed by atoms with Gasteiger partial charge < -0.3 is 4.90 Å².